The van der Waals surface area contributed by atoms with E-state index < -0.39 is 0 Å². The minimum absolute atomic E-state index is 0.673. The van der Waals surface area contributed by atoms with Gasteiger partial charge in [-0.25, -0.2) is 4.98 Å². The molecule has 0 fully saturated rings. The van der Waals surface area contributed by atoms with Crippen LogP contribution in [0.2, 0.25) is 5.02 Å². The summed E-state index contributed by atoms with van der Waals surface area (Å²) >= 11 is 9.46. The number of aromatic nitrogens is 2. The molecule has 0 atom stereocenters. The maximum atomic E-state index is 6.03. The van der Waals surface area contributed by atoms with E-state index in [4.69, 9.17) is 16.3 Å². The van der Waals surface area contributed by atoms with Crippen LogP contribution in [0.15, 0.2) is 16.6 Å². The number of fused-ring (bicyclic) bond motifs is 1. The van der Waals surface area contributed by atoms with Gasteiger partial charge in [-0.05, 0) is 35.0 Å². The van der Waals surface area contributed by atoms with E-state index in [1.54, 1.807) is 7.11 Å². The number of rotatable bonds is 3. The van der Waals surface area contributed by atoms with Crippen molar-refractivity contribution in [1.29, 1.82) is 0 Å². The molecule has 16 heavy (non-hydrogen) atoms. The molecule has 86 valence electrons. The Morgan fingerprint density at radius 3 is 2.94 bits per heavy atom. The minimum Gasteiger partial charge on any atom is -0.383 e. The molecule has 0 aliphatic carbocycles. The third kappa shape index (κ3) is 2.10. The molecule has 0 bridgehead atoms. The quantitative estimate of drug-likeness (QED) is 0.869. The van der Waals surface area contributed by atoms with E-state index in [1.165, 1.54) is 0 Å². The highest BCUT2D eigenvalue weighted by Gasteiger charge is 2.09. The Bertz CT molecular complexity index is 524. The second kappa shape index (κ2) is 4.73. The van der Waals surface area contributed by atoms with Crippen LogP contribution in [0.1, 0.15) is 5.82 Å². The van der Waals surface area contributed by atoms with E-state index in [0.717, 1.165) is 27.9 Å². The first-order valence-corrected chi connectivity index (χ1v) is 6.11. The number of hydrogen-bond donors (Lipinski definition) is 0. The summed E-state index contributed by atoms with van der Waals surface area (Å²) in [4.78, 5) is 4.47. The summed E-state index contributed by atoms with van der Waals surface area (Å²) in [5.41, 5.74) is 1.99. The summed E-state index contributed by atoms with van der Waals surface area (Å²) < 4.78 is 8.10. The number of imidazole rings is 1. The average Bonchev–Trinajstić information content (AvgIpc) is 2.52. The Morgan fingerprint density at radius 2 is 2.25 bits per heavy atom. The summed E-state index contributed by atoms with van der Waals surface area (Å²) in [5, 5.41) is 0.684. The molecule has 0 N–H and O–H groups in total. The van der Waals surface area contributed by atoms with Gasteiger partial charge in [0.2, 0.25) is 0 Å². The predicted molar refractivity (Wildman–Crippen MR) is 69.1 cm³/mol. The van der Waals surface area contributed by atoms with Crippen LogP contribution >= 0.6 is 27.5 Å². The van der Waals surface area contributed by atoms with Crippen LogP contribution in [-0.2, 0) is 11.3 Å². The molecular formula is C11H12BrClN2O. The van der Waals surface area contributed by atoms with Gasteiger partial charge in [-0.1, -0.05) is 11.6 Å². The lowest BCUT2D eigenvalue weighted by Crippen LogP contribution is -2.05. The van der Waals surface area contributed by atoms with Gasteiger partial charge in [-0.15, -0.1) is 0 Å². The number of ether oxygens (including phenoxy) is 1. The molecule has 0 spiro atoms. The molecule has 1 aromatic heterocycles. The van der Waals surface area contributed by atoms with Crippen LogP contribution in [0.3, 0.4) is 0 Å². The van der Waals surface area contributed by atoms with Crippen molar-refractivity contribution in [2.45, 2.75) is 13.5 Å². The second-order valence-corrected chi connectivity index (χ2v) is 4.82. The Morgan fingerprint density at radius 1 is 1.50 bits per heavy atom. The normalized spacial score (nSPS) is 11.2. The van der Waals surface area contributed by atoms with Crippen molar-refractivity contribution in [2.75, 3.05) is 13.7 Å². The maximum absolute atomic E-state index is 6.03. The summed E-state index contributed by atoms with van der Waals surface area (Å²) in [6.45, 7) is 3.46. The van der Waals surface area contributed by atoms with E-state index in [0.29, 0.717) is 11.6 Å². The molecule has 2 aromatic rings. The van der Waals surface area contributed by atoms with Crippen molar-refractivity contribution in [3.63, 3.8) is 0 Å². The van der Waals surface area contributed by atoms with Gasteiger partial charge in [0, 0.05) is 18.1 Å². The van der Waals surface area contributed by atoms with E-state index in [9.17, 15) is 0 Å². The third-order valence-electron chi connectivity index (χ3n) is 2.50. The molecule has 0 saturated carbocycles. The molecule has 2 rings (SSSR count). The average molecular weight is 304 g/mol. The SMILES string of the molecule is COCCn1c(C)nc2cc(Cl)c(Br)cc21. The zero-order valence-electron chi connectivity index (χ0n) is 9.13. The van der Waals surface area contributed by atoms with Gasteiger partial charge < -0.3 is 9.30 Å². The molecule has 5 heteroatoms. The predicted octanol–water partition coefficient (Wildman–Crippen LogP) is 3.41. The summed E-state index contributed by atoms with van der Waals surface area (Å²) in [6.07, 6.45) is 0. The van der Waals surface area contributed by atoms with E-state index in [-0.39, 0.29) is 0 Å². The van der Waals surface area contributed by atoms with Crippen LogP contribution in [0.25, 0.3) is 11.0 Å². The maximum Gasteiger partial charge on any atom is 0.106 e. The molecule has 0 saturated heterocycles. The molecule has 0 aliphatic rings. The fraction of sp³-hybridized carbons (Fsp3) is 0.364. The molecule has 0 unspecified atom stereocenters. The molecule has 0 aliphatic heterocycles. The lowest BCUT2D eigenvalue weighted by atomic mass is 10.3. The number of aryl methyl sites for hydroxylation is 1. The summed E-state index contributed by atoms with van der Waals surface area (Å²) in [5.74, 6) is 0.973. The van der Waals surface area contributed by atoms with Gasteiger partial charge in [-0.2, -0.15) is 0 Å². The summed E-state index contributed by atoms with van der Waals surface area (Å²) in [6, 6.07) is 3.87. The fourth-order valence-corrected chi connectivity index (χ4v) is 2.19. The van der Waals surface area contributed by atoms with E-state index >= 15 is 0 Å². The third-order valence-corrected chi connectivity index (χ3v) is 3.70. The van der Waals surface area contributed by atoms with Crippen molar-refractivity contribution in [3.05, 3.63) is 27.5 Å². The van der Waals surface area contributed by atoms with Crippen molar-refractivity contribution in [1.82, 2.24) is 9.55 Å². The highest BCUT2D eigenvalue weighted by molar-refractivity contribution is 9.10. The minimum atomic E-state index is 0.673. The van der Waals surface area contributed by atoms with Crippen molar-refractivity contribution in [2.24, 2.45) is 0 Å². The lowest BCUT2D eigenvalue weighted by molar-refractivity contribution is 0.187. The first kappa shape index (κ1) is 11.9. The zero-order valence-corrected chi connectivity index (χ0v) is 11.5. The van der Waals surface area contributed by atoms with Gasteiger partial charge in [0.15, 0.2) is 0 Å². The lowest BCUT2D eigenvalue weighted by Gasteiger charge is -2.06. The van der Waals surface area contributed by atoms with Gasteiger partial charge in [0.25, 0.3) is 0 Å². The molecule has 0 amide bonds. The van der Waals surface area contributed by atoms with Gasteiger partial charge in [0.05, 0.1) is 22.7 Å². The number of methoxy groups -OCH3 is 1. The molecule has 0 radical (unpaired) electrons. The van der Waals surface area contributed by atoms with Crippen LogP contribution in [0, 0.1) is 6.92 Å². The second-order valence-electron chi connectivity index (χ2n) is 3.56. The molecular weight excluding hydrogens is 291 g/mol. The van der Waals surface area contributed by atoms with Gasteiger partial charge in [0.1, 0.15) is 5.82 Å². The van der Waals surface area contributed by atoms with Crippen LogP contribution in [0.5, 0.6) is 0 Å². The number of nitrogens with zero attached hydrogens (tertiary/aromatic N) is 2. The zero-order chi connectivity index (χ0) is 11.7. The largest absolute Gasteiger partial charge is 0.383 e. The number of benzene rings is 1. The fourth-order valence-electron chi connectivity index (χ4n) is 1.71. The number of halogens is 2. The van der Waals surface area contributed by atoms with Crippen molar-refractivity contribution in [3.8, 4) is 0 Å². The van der Waals surface area contributed by atoms with Gasteiger partial charge in [-0.3, -0.25) is 0 Å². The molecule has 1 aromatic carbocycles. The van der Waals surface area contributed by atoms with Crippen LogP contribution in [-0.4, -0.2) is 23.3 Å². The highest BCUT2D eigenvalue weighted by Crippen LogP contribution is 2.28. The highest BCUT2D eigenvalue weighted by atomic mass is 79.9. The van der Waals surface area contributed by atoms with Gasteiger partial charge >= 0.3 is 0 Å². The number of hydrogen-bond acceptors (Lipinski definition) is 2. The molecule has 3 nitrogen and oxygen atoms in total. The van der Waals surface area contributed by atoms with E-state index in [2.05, 4.69) is 25.5 Å². The topological polar surface area (TPSA) is 27.1 Å². The first-order valence-electron chi connectivity index (χ1n) is 4.94. The smallest absolute Gasteiger partial charge is 0.106 e. The van der Waals surface area contributed by atoms with Crippen LogP contribution < -0.4 is 0 Å². The standard InChI is InChI=1S/C11H12BrClN2O/c1-7-14-10-6-9(13)8(12)5-11(10)15(7)3-4-16-2/h5-6H,3-4H2,1-2H3. The monoisotopic (exact) mass is 302 g/mol. The van der Waals surface area contributed by atoms with Crippen molar-refractivity contribution < 1.29 is 4.74 Å². The van der Waals surface area contributed by atoms with Crippen molar-refractivity contribution >= 4 is 38.6 Å². The summed E-state index contributed by atoms with van der Waals surface area (Å²) in [7, 11) is 1.70. The van der Waals surface area contributed by atoms with Crippen LogP contribution in [0.4, 0.5) is 0 Å². The van der Waals surface area contributed by atoms with E-state index in [1.807, 2.05) is 19.1 Å². The Hall–Kier alpha value is -0.580. The molecule has 1 heterocycles. The Labute approximate surface area is 107 Å². The first-order chi connectivity index (χ1) is 7.63. The Balaban J connectivity index is 2.55. The Kier molecular flexibility index (Phi) is 3.52.